The molecule has 1 aliphatic heterocycles. The van der Waals surface area contributed by atoms with Crippen LogP contribution in [-0.2, 0) is 14.3 Å². The number of hydrogen-bond donors (Lipinski definition) is 1. The Morgan fingerprint density at radius 2 is 1.94 bits per heavy atom. The number of carbonyl (C=O) groups excluding carboxylic acids is 3. The van der Waals surface area contributed by atoms with Crippen molar-refractivity contribution in [1.82, 2.24) is 0 Å². The summed E-state index contributed by atoms with van der Waals surface area (Å²) in [4.78, 5) is 38.7. The summed E-state index contributed by atoms with van der Waals surface area (Å²) >= 11 is 6.29. The third-order valence-corrected chi connectivity index (χ3v) is 5.15. The first-order valence-corrected chi connectivity index (χ1v) is 11.3. The Labute approximate surface area is 197 Å². The van der Waals surface area contributed by atoms with Crippen LogP contribution in [0.1, 0.15) is 43.5 Å². The molecule has 0 aromatic heterocycles. The van der Waals surface area contributed by atoms with Crippen LogP contribution >= 0.6 is 11.6 Å². The smallest absolute Gasteiger partial charge is 0.338 e. The van der Waals surface area contributed by atoms with Crippen LogP contribution in [0.3, 0.4) is 0 Å². The number of ether oxygens (including phenoxy) is 3. The molecule has 0 unspecified atom stereocenters. The molecule has 0 saturated carbocycles. The molecule has 9 heteroatoms. The van der Waals surface area contributed by atoms with Gasteiger partial charge in [0, 0.05) is 13.0 Å². The van der Waals surface area contributed by atoms with Crippen molar-refractivity contribution in [2.75, 3.05) is 36.6 Å². The monoisotopic (exact) mass is 474 g/mol. The van der Waals surface area contributed by atoms with E-state index in [1.54, 1.807) is 36.1 Å². The lowest BCUT2D eigenvalue weighted by molar-refractivity contribution is -0.119. The molecule has 33 heavy (non-hydrogen) atoms. The van der Waals surface area contributed by atoms with Gasteiger partial charge in [-0.1, -0.05) is 30.7 Å². The third kappa shape index (κ3) is 6.16. The summed E-state index contributed by atoms with van der Waals surface area (Å²) in [5, 5.41) is 2.93. The highest BCUT2D eigenvalue weighted by molar-refractivity contribution is 6.32. The van der Waals surface area contributed by atoms with Gasteiger partial charge in [0.25, 0.3) is 5.91 Å². The number of esters is 1. The van der Waals surface area contributed by atoms with Gasteiger partial charge in [-0.15, -0.1) is 0 Å². The summed E-state index contributed by atoms with van der Waals surface area (Å²) in [5.74, 6) is -0.544. The first kappa shape index (κ1) is 24.4. The summed E-state index contributed by atoms with van der Waals surface area (Å²) in [6.07, 6.45) is 2.04. The number of carbonyl (C=O) groups is 3. The third-order valence-electron chi connectivity index (χ3n) is 4.87. The zero-order valence-corrected chi connectivity index (χ0v) is 19.4. The van der Waals surface area contributed by atoms with Gasteiger partial charge >= 0.3 is 5.97 Å². The Kier molecular flexibility index (Phi) is 8.54. The van der Waals surface area contributed by atoms with Crippen molar-refractivity contribution in [1.29, 1.82) is 0 Å². The molecule has 8 nitrogen and oxygen atoms in total. The summed E-state index contributed by atoms with van der Waals surface area (Å²) in [5.41, 5.74) is 1.24. The molecule has 2 aromatic carbocycles. The predicted octanol–water partition coefficient (Wildman–Crippen LogP) is 4.45. The molecular weight excluding hydrogens is 448 g/mol. The van der Waals surface area contributed by atoms with Gasteiger partial charge in [-0.25, -0.2) is 4.79 Å². The van der Waals surface area contributed by atoms with E-state index in [1.165, 1.54) is 12.1 Å². The van der Waals surface area contributed by atoms with E-state index >= 15 is 0 Å². The van der Waals surface area contributed by atoms with Crippen LogP contribution in [0, 0.1) is 0 Å². The number of amides is 2. The number of benzene rings is 2. The minimum absolute atomic E-state index is 0.0106. The summed E-state index contributed by atoms with van der Waals surface area (Å²) in [6.45, 7) is 4.68. The number of rotatable bonds is 10. The molecular formula is C24H27ClN2O6. The molecule has 1 heterocycles. The summed E-state index contributed by atoms with van der Waals surface area (Å²) < 4.78 is 16.4. The maximum atomic E-state index is 12.5. The maximum Gasteiger partial charge on any atom is 0.338 e. The van der Waals surface area contributed by atoms with Gasteiger partial charge in [0.1, 0.15) is 0 Å². The average molecular weight is 475 g/mol. The van der Waals surface area contributed by atoms with Gasteiger partial charge in [0.2, 0.25) is 5.91 Å². The van der Waals surface area contributed by atoms with Crippen molar-refractivity contribution in [3.05, 3.63) is 47.0 Å². The van der Waals surface area contributed by atoms with Crippen LogP contribution in [0.4, 0.5) is 11.4 Å². The van der Waals surface area contributed by atoms with E-state index in [1.807, 2.05) is 6.92 Å². The second kappa shape index (κ2) is 11.6. The van der Waals surface area contributed by atoms with E-state index in [-0.39, 0.29) is 16.5 Å². The van der Waals surface area contributed by atoms with Crippen LogP contribution < -0.4 is 19.7 Å². The molecule has 3 rings (SSSR count). The SMILES string of the molecule is CCCOc1c(Cl)cc(C(=O)OCC(=O)Nc2ccccc2N2CCCC2=O)cc1OCC. The molecule has 2 aromatic rings. The Hall–Kier alpha value is -3.26. The Morgan fingerprint density at radius 3 is 2.64 bits per heavy atom. The molecule has 1 aliphatic rings. The van der Waals surface area contributed by atoms with Crippen molar-refractivity contribution in [3.63, 3.8) is 0 Å². The quantitative estimate of drug-likeness (QED) is 0.511. The summed E-state index contributed by atoms with van der Waals surface area (Å²) in [7, 11) is 0. The number of halogens is 1. The molecule has 1 N–H and O–H groups in total. The number of para-hydroxylation sites is 2. The lowest BCUT2D eigenvalue weighted by atomic mass is 10.2. The van der Waals surface area contributed by atoms with E-state index in [2.05, 4.69) is 5.32 Å². The molecule has 0 atom stereocenters. The number of nitrogens with one attached hydrogen (secondary N) is 1. The number of anilines is 2. The highest BCUT2D eigenvalue weighted by atomic mass is 35.5. The fourth-order valence-corrected chi connectivity index (χ4v) is 3.68. The average Bonchev–Trinajstić information content (AvgIpc) is 3.23. The molecule has 0 bridgehead atoms. The second-order valence-electron chi connectivity index (χ2n) is 7.36. The van der Waals surface area contributed by atoms with Gasteiger partial charge in [-0.2, -0.15) is 0 Å². The number of nitrogens with zero attached hydrogens (tertiary/aromatic N) is 1. The second-order valence-corrected chi connectivity index (χ2v) is 7.76. The highest BCUT2D eigenvalue weighted by Gasteiger charge is 2.24. The zero-order chi connectivity index (χ0) is 23.8. The van der Waals surface area contributed by atoms with Gasteiger partial charge in [0.15, 0.2) is 18.1 Å². The van der Waals surface area contributed by atoms with E-state index in [4.69, 9.17) is 25.8 Å². The van der Waals surface area contributed by atoms with Crippen LogP contribution in [0.25, 0.3) is 0 Å². The van der Waals surface area contributed by atoms with Crippen molar-refractivity contribution in [2.45, 2.75) is 33.1 Å². The topological polar surface area (TPSA) is 94.2 Å². The van der Waals surface area contributed by atoms with Crippen molar-refractivity contribution < 1.29 is 28.6 Å². The lowest BCUT2D eigenvalue weighted by Crippen LogP contribution is -2.27. The van der Waals surface area contributed by atoms with Crippen molar-refractivity contribution in [3.8, 4) is 11.5 Å². The summed E-state index contributed by atoms with van der Waals surface area (Å²) in [6, 6.07) is 9.92. The predicted molar refractivity (Wildman–Crippen MR) is 125 cm³/mol. The van der Waals surface area contributed by atoms with Crippen LogP contribution in [-0.4, -0.2) is 44.1 Å². The van der Waals surface area contributed by atoms with Crippen LogP contribution in [0.15, 0.2) is 36.4 Å². The van der Waals surface area contributed by atoms with E-state index in [9.17, 15) is 14.4 Å². The fourth-order valence-electron chi connectivity index (χ4n) is 3.41. The molecule has 1 fully saturated rings. The standard InChI is InChI=1S/C24H27ClN2O6/c1-3-12-32-23-17(25)13-16(14-20(23)31-4-2)24(30)33-15-21(28)26-18-8-5-6-9-19(18)27-11-7-10-22(27)29/h5-6,8-9,13-14H,3-4,7,10-12,15H2,1-2H3,(H,26,28). The molecule has 0 spiro atoms. The van der Waals surface area contributed by atoms with Gasteiger partial charge < -0.3 is 24.4 Å². The van der Waals surface area contributed by atoms with Crippen molar-refractivity contribution >= 4 is 40.8 Å². The Bertz CT molecular complexity index is 1030. The van der Waals surface area contributed by atoms with Crippen LogP contribution in [0.2, 0.25) is 5.02 Å². The highest BCUT2D eigenvalue weighted by Crippen LogP contribution is 2.37. The van der Waals surface area contributed by atoms with E-state index in [0.29, 0.717) is 49.1 Å². The van der Waals surface area contributed by atoms with Gasteiger partial charge in [-0.05, 0) is 44.0 Å². The van der Waals surface area contributed by atoms with Crippen molar-refractivity contribution in [2.24, 2.45) is 0 Å². The van der Waals surface area contributed by atoms with Crippen LogP contribution in [0.5, 0.6) is 11.5 Å². The zero-order valence-electron chi connectivity index (χ0n) is 18.7. The fraction of sp³-hybridized carbons (Fsp3) is 0.375. The normalized spacial score (nSPS) is 13.1. The first-order chi connectivity index (χ1) is 15.9. The molecule has 2 amide bonds. The maximum absolute atomic E-state index is 12.5. The van der Waals surface area contributed by atoms with Gasteiger partial charge in [0.05, 0.1) is 35.2 Å². The Morgan fingerprint density at radius 1 is 1.15 bits per heavy atom. The molecule has 0 radical (unpaired) electrons. The lowest BCUT2D eigenvalue weighted by Gasteiger charge is -2.20. The molecule has 0 aliphatic carbocycles. The molecule has 176 valence electrons. The first-order valence-electron chi connectivity index (χ1n) is 10.9. The van der Waals surface area contributed by atoms with Gasteiger partial charge in [-0.3, -0.25) is 9.59 Å². The minimum Gasteiger partial charge on any atom is -0.490 e. The number of hydrogen-bond acceptors (Lipinski definition) is 6. The largest absolute Gasteiger partial charge is 0.490 e. The Balaban J connectivity index is 1.65. The molecule has 1 saturated heterocycles. The van der Waals surface area contributed by atoms with E-state index < -0.39 is 18.5 Å². The van der Waals surface area contributed by atoms with E-state index in [0.717, 1.165) is 12.8 Å². The minimum atomic E-state index is -0.724.